The number of likely N-dealkylation sites (tertiary alicyclic amines) is 1. The highest BCUT2D eigenvalue weighted by Gasteiger charge is 2.33. The Morgan fingerprint density at radius 2 is 2.04 bits per heavy atom. The molecule has 6 heteroatoms. The van der Waals surface area contributed by atoms with Gasteiger partial charge in [-0.1, -0.05) is 25.1 Å². The first-order valence-corrected chi connectivity index (χ1v) is 9.00. The molecule has 0 unspecified atom stereocenters. The highest BCUT2D eigenvalue weighted by Crippen LogP contribution is 2.34. The van der Waals surface area contributed by atoms with Gasteiger partial charge in [-0.25, -0.2) is 0 Å². The van der Waals surface area contributed by atoms with E-state index in [0.29, 0.717) is 23.8 Å². The summed E-state index contributed by atoms with van der Waals surface area (Å²) in [5.74, 6) is 2.47. The molecule has 0 N–H and O–H groups in total. The fourth-order valence-electron chi connectivity index (χ4n) is 3.36. The van der Waals surface area contributed by atoms with Crippen LogP contribution in [-0.4, -0.2) is 36.7 Å². The maximum absolute atomic E-state index is 12.9. The molecule has 0 spiro atoms. The lowest BCUT2D eigenvalue weighted by atomic mass is 10.1. The Balaban J connectivity index is 1.74. The molecule has 1 aromatic carbocycles. The van der Waals surface area contributed by atoms with Gasteiger partial charge < -0.3 is 18.9 Å². The van der Waals surface area contributed by atoms with Gasteiger partial charge in [0.25, 0.3) is 0 Å². The summed E-state index contributed by atoms with van der Waals surface area (Å²) < 4.78 is 16.1. The quantitative estimate of drug-likeness (QED) is 0.787. The topological polar surface area (TPSA) is 64.8 Å². The third kappa shape index (κ3) is 3.69. The van der Waals surface area contributed by atoms with Crippen LogP contribution in [-0.2, 0) is 11.2 Å². The van der Waals surface area contributed by atoms with E-state index in [1.54, 1.807) is 14.2 Å². The molecule has 140 valence electrons. The fraction of sp³-hybridized carbons (Fsp3) is 0.500. The molecular formula is C20H26N2O4. The third-order valence-electron chi connectivity index (χ3n) is 4.84. The number of carbonyl (C=O) groups excluding carboxylic acids is 1. The Labute approximate surface area is 154 Å². The van der Waals surface area contributed by atoms with Crippen LogP contribution in [0.3, 0.4) is 0 Å². The van der Waals surface area contributed by atoms with Crippen molar-refractivity contribution in [2.75, 3.05) is 20.8 Å². The van der Waals surface area contributed by atoms with Crippen molar-refractivity contribution in [3.63, 3.8) is 0 Å². The van der Waals surface area contributed by atoms with E-state index in [4.69, 9.17) is 14.0 Å². The van der Waals surface area contributed by atoms with E-state index in [2.05, 4.69) is 19.0 Å². The van der Waals surface area contributed by atoms with E-state index < -0.39 is 0 Å². The average Bonchev–Trinajstić information content (AvgIpc) is 3.30. The highest BCUT2D eigenvalue weighted by atomic mass is 16.5. The summed E-state index contributed by atoms with van der Waals surface area (Å²) in [4.78, 5) is 14.8. The molecule has 1 aliphatic rings. The summed E-state index contributed by atoms with van der Waals surface area (Å²) in [6, 6.07) is 7.54. The van der Waals surface area contributed by atoms with Gasteiger partial charge in [0.2, 0.25) is 5.91 Å². The minimum atomic E-state index is -0.0253. The molecule has 3 rings (SSSR count). The van der Waals surface area contributed by atoms with Crippen molar-refractivity contribution in [1.82, 2.24) is 10.1 Å². The molecule has 1 aliphatic heterocycles. The summed E-state index contributed by atoms with van der Waals surface area (Å²) in [5, 5.41) is 4.14. The SMILES string of the molecule is COc1ccc(CC(=O)N2CCC[C@@H]2c2cc(C(C)C)no2)cc1OC. The van der Waals surface area contributed by atoms with Gasteiger partial charge in [-0.05, 0) is 36.5 Å². The first kappa shape index (κ1) is 18.3. The van der Waals surface area contributed by atoms with Gasteiger partial charge in [0.15, 0.2) is 17.3 Å². The first-order chi connectivity index (χ1) is 12.5. The summed E-state index contributed by atoms with van der Waals surface area (Å²) in [6.45, 7) is 4.90. The van der Waals surface area contributed by atoms with E-state index in [9.17, 15) is 4.79 Å². The van der Waals surface area contributed by atoms with Gasteiger partial charge in [0, 0.05) is 12.6 Å². The van der Waals surface area contributed by atoms with Crippen molar-refractivity contribution in [3.8, 4) is 11.5 Å². The predicted octanol–water partition coefficient (Wildman–Crippen LogP) is 3.72. The van der Waals surface area contributed by atoms with Gasteiger partial charge >= 0.3 is 0 Å². The average molecular weight is 358 g/mol. The minimum Gasteiger partial charge on any atom is -0.493 e. The second kappa shape index (κ2) is 7.81. The van der Waals surface area contributed by atoms with Gasteiger partial charge in [0.1, 0.15) is 0 Å². The van der Waals surface area contributed by atoms with E-state index in [-0.39, 0.29) is 11.9 Å². The van der Waals surface area contributed by atoms with Crippen LogP contribution in [0.4, 0.5) is 0 Å². The largest absolute Gasteiger partial charge is 0.493 e. The number of amides is 1. The van der Waals surface area contributed by atoms with Crippen molar-refractivity contribution < 1.29 is 18.8 Å². The lowest BCUT2D eigenvalue weighted by Crippen LogP contribution is -2.31. The molecule has 26 heavy (non-hydrogen) atoms. The van der Waals surface area contributed by atoms with Crippen LogP contribution in [0.5, 0.6) is 11.5 Å². The molecule has 2 aromatic rings. The number of rotatable bonds is 6. The minimum absolute atomic E-state index is 0.0253. The number of aromatic nitrogens is 1. The van der Waals surface area contributed by atoms with E-state index in [0.717, 1.165) is 36.4 Å². The van der Waals surface area contributed by atoms with Crippen LogP contribution in [0.15, 0.2) is 28.8 Å². The number of ether oxygens (including phenoxy) is 2. The summed E-state index contributed by atoms with van der Waals surface area (Å²) in [6.07, 6.45) is 2.20. The monoisotopic (exact) mass is 358 g/mol. The smallest absolute Gasteiger partial charge is 0.227 e. The molecule has 6 nitrogen and oxygen atoms in total. The van der Waals surface area contributed by atoms with Crippen LogP contribution < -0.4 is 9.47 Å². The molecule has 1 fully saturated rings. The van der Waals surface area contributed by atoms with E-state index >= 15 is 0 Å². The number of benzene rings is 1. The summed E-state index contributed by atoms with van der Waals surface area (Å²) in [5.41, 5.74) is 1.83. The maximum atomic E-state index is 12.9. The number of hydrogen-bond acceptors (Lipinski definition) is 5. The van der Waals surface area contributed by atoms with Crippen molar-refractivity contribution in [1.29, 1.82) is 0 Å². The maximum Gasteiger partial charge on any atom is 0.227 e. The molecule has 1 amide bonds. The Hall–Kier alpha value is -2.50. The van der Waals surface area contributed by atoms with Crippen LogP contribution in [0.1, 0.15) is 55.7 Å². The lowest BCUT2D eigenvalue weighted by molar-refractivity contribution is -0.131. The van der Waals surface area contributed by atoms with Crippen LogP contribution in [0, 0.1) is 0 Å². The van der Waals surface area contributed by atoms with Crippen molar-refractivity contribution >= 4 is 5.91 Å². The van der Waals surface area contributed by atoms with Crippen LogP contribution in [0.25, 0.3) is 0 Å². The van der Waals surface area contributed by atoms with Crippen molar-refractivity contribution in [3.05, 3.63) is 41.3 Å². The van der Waals surface area contributed by atoms with Gasteiger partial charge in [-0.2, -0.15) is 0 Å². The number of nitrogens with zero attached hydrogens (tertiary/aromatic N) is 2. The highest BCUT2D eigenvalue weighted by molar-refractivity contribution is 5.79. The summed E-state index contributed by atoms with van der Waals surface area (Å²) in [7, 11) is 3.19. The van der Waals surface area contributed by atoms with E-state index in [1.807, 2.05) is 29.2 Å². The molecule has 0 bridgehead atoms. The van der Waals surface area contributed by atoms with Gasteiger partial charge in [-0.3, -0.25) is 4.79 Å². The van der Waals surface area contributed by atoms with Crippen LogP contribution >= 0.6 is 0 Å². The van der Waals surface area contributed by atoms with Gasteiger partial charge in [-0.15, -0.1) is 0 Å². The summed E-state index contributed by atoms with van der Waals surface area (Å²) >= 11 is 0. The third-order valence-corrected chi connectivity index (χ3v) is 4.84. The predicted molar refractivity (Wildman–Crippen MR) is 97.5 cm³/mol. The molecular weight excluding hydrogens is 332 g/mol. The standard InChI is InChI=1S/C20H26N2O4/c1-13(2)15-12-18(26-21-15)16-6-5-9-22(16)20(23)11-14-7-8-17(24-3)19(10-14)25-4/h7-8,10,12-13,16H,5-6,9,11H2,1-4H3/t16-/m1/s1. The second-order valence-electron chi connectivity index (χ2n) is 6.92. The Kier molecular flexibility index (Phi) is 5.49. The van der Waals surface area contributed by atoms with Crippen molar-refractivity contribution in [2.45, 2.75) is 45.1 Å². The zero-order valence-corrected chi connectivity index (χ0v) is 15.8. The number of methoxy groups -OCH3 is 2. The molecule has 1 atom stereocenters. The zero-order valence-electron chi connectivity index (χ0n) is 15.8. The Bertz CT molecular complexity index is 769. The lowest BCUT2D eigenvalue weighted by Gasteiger charge is -2.23. The molecule has 0 aliphatic carbocycles. The number of hydrogen-bond donors (Lipinski definition) is 0. The molecule has 2 heterocycles. The Morgan fingerprint density at radius 3 is 2.69 bits per heavy atom. The number of carbonyl (C=O) groups is 1. The van der Waals surface area contributed by atoms with E-state index in [1.165, 1.54) is 0 Å². The Morgan fingerprint density at radius 1 is 1.27 bits per heavy atom. The molecule has 1 aromatic heterocycles. The van der Waals surface area contributed by atoms with Crippen LogP contribution in [0.2, 0.25) is 0 Å². The zero-order chi connectivity index (χ0) is 18.7. The second-order valence-corrected chi connectivity index (χ2v) is 6.92. The normalized spacial score (nSPS) is 17.0. The molecule has 0 saturated carbocycles. The van der Waals surface area contributed by atoms with Crippen molar-refractivity contribution in [2.24, 2.45) is 0 Å². The van der Waals surface area contributed by atoms with Gasteiger partial charge in [0.05, 0.1) is 32.4 Å². The molecule has 1 saturated heterocycles. The first-order valence-electron chi connectivity index (χ1n) is 9.00. The molecule has 0 radical (unpaired) electrons. The fourth-order valence-corrected chi connectivity index (χ4v) is 3.36.